The fraction of sp³-hybridized carbons (Fsp3) is 0.462. The Labute approximate surface area is 90.7 Å². The summed E-state index contributed by atoms with van der Waals surface area (Å²) >= 11 is 0. The van der Waals surface area contributed by atoms with E-state index in [1.54, 1.807) is 0 Å². The summed E-state index contributed by atoms with van der Waals surface area (Å²) in [6.45, 7) is 1.71. The van der Waals surface area contributed by atoms with Crippen LogP contribution in [0.25, 0.3) is 0 Å². The molecule has 0 radical (unpaired) electrons. The number of hydrogen-bond acceptors (Lipinski definition) is 2. The van der Waals surface area contributed by atoms with Crippen molar-refractivity contribution in [3.8, 4) is 0 Å². The van der Waals surface area contributed by atoms with E-state index < -0.39 is 0 Å². The number of benzene rings is 1. The monoisotopic (exact) mass is 203 g/mol. The summed E-state index contributed by atoms with van der Waals surface area (Å²) < 4.78 is 0. The zero-order valence-electron chi connectivity index (χ0n) is 8.91. The van der Waals surface area contributed by atoms with E-state index in [4.69, 9.17) is 0 Å². The van der Waals surface area contributed by atoms with Gasteiger partial charge in [0.05, 0.1) is 0 Å². The number of carbonyl (C=O) groups excluding carboxylic acids is 1. The average molecular weight is 203 g/mol. The van der Waals surface area contributed by atoms with Crippen LogP contribution in [0.1, 0.15) is 24.8 Å². The molecular weight excluding hydrogens is 186 g/mol. The first-order valence-corrected chi connectivity index (χ1v) is 5.63. The minimum Gasteiger partial charge on any atom is -0.312 e. The van der Waals surface area contributed by atoms with Crippen LogP contribution < -0.4 is 5.32 Å². The summed E-state index contributed by atoms with van der Waals surface area (Å²) in [5.41, 5.74) is 1.28. The maximum atomic E-state index is 11.4. The van der Waals surface area contributed by atoms with Crippen LogP contribution in [0.4, 0.5) is 0 Å². The zero-order chi connectivity index (χ0) is 10.5. The molecule has 1 aliphatic carbocycles. The molecule has 1 N–H and O–H groups in total. The summed E-state index contributed by atoms with van der Waals surface area (Å²) in [5, 5.41) is 3.35. The number of ketones is 1. The number of carbonyl (C=O) groups is 1. The number of rotatable bonds is 4. The van der Waals surface area contributed by atoms with Crippen LogP contribution in [0.5, 0.6) is 0 Å². The fourth-order valence-electron chi connectivity index (χ4n) is 2.09. The van der Waals surface area contributed by atoms with E-state index in [0.29, 0.717) is 5.78 Å². The van der Waals surface area contributed by atoms with E-state index in [0.717, 1.165) is 32.4 Å². The summed E-state index contributed by atoms with van der Waals surface area (Å²) in [6.07, 6.45) is 2.94. The maximum Gasteiger partial charge on any atom is 0.137 e. The highest BCUT2D eigenvalue weighted by molar-refractivity contribution is 5.83. The molecule has 0 heterocycles. The molecule has 0 aromatic heterocycles. The molecule has 1 saturated carbocycles. The van der Waals surface area contributed by atoms with Gasteiger partial charge in [-0.05, 0) is 18.4 Å². The van der Waals surface area contributed by atoms with Crippen molar-refractivity contribution in [3.63, 3.8) is 0 Å². The summed E-state index contributed by atoms with van der Waals surface area (Å²) in [5.74, 6) is 0.712. The molecule has 0 saturated heterocycles. The lowest BCUT2D eigenvalue weighted by Gasteiger charge is -2.09. The third kappa shape index (κ3) is 2.90. The first-order chi connectivity index (χ1) is 7.36. The quantitative estimate of drug-likeness (QED) is 0.812. The van der Waals surface area contributed by atoms with E-state index >= 15 is 0 Å². The van der Waals surface area contributed by atoms with Gasteiger partial charge in [0.1, 0.15) is 5.78 Å². The summed E-state index contributed by atoms with van der Waals surface area (Å²) in [7, 11) is 0. The lowest BCUT2D eigenvalue weighted by atomic mass is 10.1. The molecule has 1 aromatic rings. The Bertz CT molecular complexity index is 321. The average Bonchev–Trinajstić information content (AvgIpc) is 2.66. The van der Waals surface area contributed by atoms with Crippen LogP contribution in [0.3, 0.4) is 0 Å². The summed E-state index contributed by atoms with van der Waals surface area (Å²) in [4.78, 5) is 11.4. The molecule has 80 valence electrons. The molecule has 15 heavy (non-hydrogen) atoms. The highest BCUT2D eigenvalue weighted by atomic mass is 16.1. The zero-order valence-corrected chi connectivity index (χ0v) is 8.91. The summed E-state index contributed by atoms with van der Waals surface area (Å²) in [6, 6.07) is 10.3. The fourth-order valence-corrected chi connectivity index (χ4v) is 2.09. The van der Waals surface area contributed by atoms with Gasteiger partial charge in [-0.15, -0.1) is 0 Å². The second kappa shape index (κ2) is 5.08. The predicted molar refractivity (Wildman–Crippen MR) is 60.5 cm³/mol. The van der Waals surface area contributed by atoms with Crippen molar-refractivity contribution in [2.75, 3.05) is 6.54 Å². The highest BCUT2D eigenvalue weighted by Gasteiger charge is 2.23. The van der Waals surface area contributed by atoms with Crippen molar-refractivity contribution < 1.29 is 4.79 Å². The van der Waals surface area contributed by atoms with Crippen molar-refractivity contribution in [3.05, 3.63) is 35.9 Å². The van der Waals surface area contributed by atoms with Crippen LogP contribution in [0, 0.1) is 5.92 Å². The van der Waals surface area contributed by atoms with E-state index in [9.17, 15) is 4.79 Å². The van der Waals surface area contributed by atoms with Crippen molar-refractivity contribution in [2.24, 2.45) is 5.92 Å². The molecule has 1 aromatic carbocycles. The smallest absolute Gasteiger partial charge is 0.137 e. The largest absolute Gasteiger partial charge is 0.312 e. The lowest BCUT2D eigenvalue weighted by molar-refractivity contribution is -0.120. The van der Waals surface area contributed by atoms with Gasteiger partial charge in [0, 0.05) is 25.4 Å². The Kier molecular flexibility index (Phi) is 3.51. The Morgan fingerprint density at radius 1 is 1.27 bits per heavy atom. The second-order valence-electron chi connectivity index (χ2n) is 4.17. The Morgan fingerprint density at radius 3 is 2.73 bits per heavy atom. The van der Waals surface area contributed by atoms with Crippen molar-refractivity contribution in [1.29, 1.82) is 0 Å². The first-order valence-electron chi connectivity index (χ1n) is 5.63. The third-order valence-corrected chi connectivity index (χ3v) is 2.99. The second-order valence-corrected chi connectivity index (χ2v) is 4.17. The molecule has 2 rings (SSSR count). The minimum atomic E-state index is 0.272. The Hall–Kier alpha value is -1.15. The lowest BCUT2D eigenvalue weighted by Crippen LogP contribution is -2.24. The van der Waals surface area contributed by atoms with Crippen LogP contribution in [-0.2, 0) is 11.3 Å². The maximum absolute atomic E-state index is 11.4. The molecular formula is C13H17NO. The molecule has 1 aliphatic rings. The standard InChI is InChI=1S/C13H17NO/c15-13-8-4-7-12(13)10-14-9-11-5-2-1-3-6-11/h1-3,5-6,12,14H,4,7-10H2. The topological polar surface area (TPSA) is 29.1 Å². The van der Waals surface area contributed by atoms with Gasteiger partial charge in [0.2, 0.25) is 0 Å². The highest BCUT2D eigenvalue weighted by Crippen LogP contribution is 2.20. The number of Topliss-reactive ketones (excluding diaryl/α,β-unsaturated/α-hetero) is 1. The predicted octanol–water partition coefficient (Wildman–Crippen LogP) is 2.15. The minimum absolute atomic E-state index is 0.272. The van der Waals surface area contributed by atoms with E-state index in [-0.39, 0.29) is 5.92 Å². The molecule has 0 amide bonds. The number of hydrogen-bond donors (Lipinski definition) is 1. The van der Waals surface area contributed by atoms with E-state index in [1.807, 2.05) is 18.2 Å². The third-order valence-electron chi connectivity index (χ3n) is 2.99. The van der Waals surface area contributed by atoms with Gasteiger partial charge in [-0.3, -0.25) is 4.79 Å². The van der Waals surface area contributed by atoms with Crippen LogP contribution >= 0.6 is 0 Å². The molecule has 0 spiro atoms. The van der Waals surface area contributed by atoms with Gasteiger partial charge in [-0.25, -0.2) is 0 Å². The van der Waals surface area contributed by atoms with Gasteiger partial charge < -0.3 is 5.32 Å². The van der Waals surface area contributed by atoms with E-state index in [1.165, 1.54) is 5.56 Å². The van der Waals surface area contributed by atoms with Gasteiger partial charge >= 0.3 is 0 Å². The van der Waals surface area contributed by atoms with Crippen LogP contribution in [0.2, 0.25) is 0 Å². The van der Waals surface area contributed by atoms with Gasteiger partial charge in [-0.2, -0.15) is 0 Å². The van der Waals surface area contributed by atoms with E-state index in [2.05, 4.69) is 17.4 Å². The van der Waals surface area contributed by atoms with Crippen LogP contribution in [0.15, 0.2) is 30.3 Å². The SMILES string of the molecule is O=C1CCCC1CNCc1ccccc1. The van der Waals surface area contributed by atoms with Gasteiger partial charge in [0.15, 0.2) is 0 Å². The molecule has 0 bridgehead atoms. The molecule has 1 fully saturated rings. The van der Waals surface area contributed by atoms with Crippen molar-refractivity contribution in [2.45, 2.75) is 25.8 Å². The van der Waals surface area contributed by atoms with Gasteiger partial charge in [-0.1, -0.05) is 30.3 Å². The Morgan fingerprint density at radius 2 is 2.07 bits per heavy atom. The first kappa shape index (κ1) is 10.4. The molecule has 2 nitrogen and oxygen atoms in total. The molecule has 0 aliphatic heterocycles. The Balaban J connectivity index is 1.73. The molecule has 1 atom stereocenters. The molecule has 2 heteroatoms. The van der Waals surface area contributed by atoms with Crippen LogP contribution in [-0.4, -0.2) is 12.3 Å². The molecule has 1 unspecified atom stereocenters. The van der Waals surface area contributed by atoms with Crippen molar-refractivity contribution in [1.82, 2.24) is 5.32 Å². The van der Waals surface area contributed by atoms with Gasteiger partial charge in [0.25, 0.3) is 0 Å². The number of nitrogens with one attached hydrogen (secondary N) is 1. The van der Waals surface area contributed by atoms with Crippen molar-refractivity contribution >= 4 is 5.78 Å². The normalized spacial score (nSPS) is 20.8.